The number of carbonyl (C=O) groups is 1. The topological polar surface area (TPSA) is 79.8 Å². The van der Waals surface area contributed by atoms with Crippen LogP contribution in [0.1, 0.15) is 10.4 Å². The van der Waals surface area contributed by atoms with Gasteiger partial charge in [-0.25, -0.2) is 4.98 Å². The highest BCUT2D eigenvalue weighted by Gasteiger charge is 2.11. The van der Waals surface area contributed by atoms with Crippen LogP contribution in [0, 0.1) is 0 Å². The van der Waals surface area contributed by atoms with E-state index in [-0.39, 0.29) is 11.0 Å². The predicted molar refractivity (Wildman–Crippen MR) is 109 cm³/mol. The summed E-state index contributed by atoms with van der Waals surface area (Å²) in [6.45, 7) is 0. The van der Waals surface area contributed by atoms with Crippen molar-refractivity contribution in [1.82, 2.24) is 19.0 Å². The van der Waals surface area contributed by atoms with Gasteiger partial charge < -0.3 is 5.32 Å². The zero-order chi connectivity index (χ0) is 17.9. The van der Waals surface area contributed by atoms with Gasteiger partial charge in [-0.15, -0.1) is 11.3 Å². The van der Waals surface area contributed by atoms with Crippen LogP contribution < -0.4 is 10.6 Å². The maximum Gasteiger partial charge on any atom is 0.257 e. The van der Waals surface area contributed by atoms with Crippen LogP contribution in [-0.4, -0.2) is 24.8 Å². The number of carbonyl (C=O) groups excluding carboxylic acids is 1. The zero-order valence-corrected chi connectivity index (χ0v) is 15.6. The maximum absolute atomic E-state index is 12.3. The molecule has 6 nitrogen and oxygen atoms in total. The maximum atomic E-state index is 12.3. The lowest BCUT2D eigenvalue weighted by molar-refractivity contribution is 0.0978. The van der Waals surface area contributed by atoms with E-state index < -0.39 is 0 Å². The number of rotatable bonds is 3. The summed E-state index contributed by atoms with van der Waals surface area (Å²) < 4.78 is 8.25. The number of fused-ring (bicyclic) bond motifs is 1. The predicted octanol–water partition coefficient (Wildman–Crippen LogP) is 3.94. The summed E-state index contributed by atoms with van der Waals surface area (Å²) in [6.07, 6.45) is 0. The minimum atomic E-state index is -0.308. The molecule has 4 aromatic rings. The zero-order valence-electron chi connectivity index (χ0n) is 13.2. The van der Waals surface area contributed by atoms with Gasteiger partial charge in [0.05, 0.1) is 17.4 Å². The van der Waals surface area contributed by atoms with Crippen LogP contribution in [0.25, 0.3) is 22.3 Å². The van der Waals surface area contributed by atoms with Crippen molar-refractivity contribution in [1.29, 1.82) is 0 Å². The average molecular weight is 398 g/mol. The van der Waals surface area contributed by atoms with Gasteiger partial charge in [0.1, 0.15) is 11.0 Å². The molecule has 0 aliphatic heterocycles. The van der Waals surface area contributed by atoms with Gasteiger partial charge in [0.15, 0.2) is 10.2 Å². The van der Waals surface area contributed by atoms with E-state index in [2.05, 4.69) is 24.4 Å². The highest BCUT2D eigenvalue weighted by molar-refractivity contribution is 7.80. The Hall–Kier alpha value is -2.75. The number of hydrogen-bond donors (Lipinski definition) is 2. The monoisotopic (exact) mass is 397 g/mol. The van der Waals surface area contributed by atoms with E-state index >= 15 is 0 Å². The minimum absolute atomic E-state index is 0.195. The molecule has 0 atom stereocenters. The molecule has 0 aliphatic rings. The van der Waals surface area contributed by atoms with Crippen molar-refractivity contribution in [2.75, 3.05) is 5.32 Å². The Morgan fingerprint density at radius 3 is 2.69 bits per heavy atom. The van der Waals surface area contributed by atoms with Crippen LogP contribution in [0.4, 0.5) is 5.13 Å². The van der Waals surface area contributed by atoms with Crippen molar-refractivity contribution >= 4 is 62.5 Å². The number of hydrogen-bond acceptors (Lipinski definition) is 7. The summed E-state index contributed by atoms with van der Waals surface area (Å²) in [5.41, 5.74) is 3.81. The number of anilines is 1. The van der Waals surface area contributed by atoms with Crippen molar-refractivity contribution in [3.8, 4) is 11.3 Å². The first-order valence-electron chi connectivity index (χ1n) is 7.55. The lowest BCUT2D eigenvalue weighted by atomic mass is 10.2. The first kappa shape index (κ1) is 16.7. The molecular formula is C17H11N5OS3. The van der Waals surface area contributed by atoms with E-state index in [9.17, 15) is 4.79 Å². The number of aromatic nitrogens is 3. The molecule has 0 unspecified atom stereocenters. The highest BCUT2D eigenvalue weighted by Crippen LogP contribution is 2.24. The molecule has 2 aromatic heterocycles. The molecule has 0 radical (unpaired) electrons. The Labute approximate surface area is 162 Å². The Balaban J connectivity index is 1.42. The Morgan fingerprint density at radius 1 is 1.04 bits per heavy atom. The SMILES string of the molecule is O=C(NC(=S)Nc1nc(-c2ccccc2)cs1)c1ccc2nsnc2c1. The van der Waals surface area contributed by atoms with Crippen LogP contribution >= 0.6 is 35.3 Å². The number of thiocarbonyl (C=S) groups is 1. The second-order valence-electron chi connectivity index (χ2n) is 5.28. The van der Waals surface area contributed by atoms with Gasteiger partial charge in [-0.3, -0.25) is 10.1 Å². The normalized spacial score (nSPS) is 10.6. The van der Waals surface area contributed by atoms with Crippen LogP contribution in [0.5, 0.6) is 0 Å². The second kappa shape index (κ2) is 7.24. The molecule has 9 heteroatoms. The first-order chi connectivity index (χ1) is 12.7. The van der Waals surface area contributed by atoms with Gasteiger partial charge in [-0.05, 0) is 30.4 Å². The van der Waals surface area contributed by atoms with Crippen molar-refractivity contribution in [2.45, 2.75) is 0 Å². The standard InChI is InChI=1S/C17H11N5OS3/c23-15(11-6-7-12-13(8-11)22-26-21-12)19-16(24)20-17-18-14(9-25-17)10-4-2-1-3-5-10/h1-9H,(H2,18,19,20,23,24). The number of benzene rings is 2. The van der Waals surface area contributed by atoms with E-state index in [1.165, 1.54) is 11.3 Å². The van der Waals surface area contributed by atoms with Crippen LogP contribution in [0.2, 0.25) is 0 Å². The number of nitrogens with one attached hydrogen (secondary N) is 2. The lowest BCUT2D eigenvalue weighted by Crippen LogP contribution is -2.34. The molecule has 1 amide bonds. The molecule has 0 aliphatic carbocycles. The number of amides is 1. The molecule has 2 N–H and O–H groups in total. The van der Waals surface area contributed by atoms with Crippen molar-refractivity contribution in [2.24, 2.45) is 0 Å². The Bertz CT molecular complexity index is 1090. The third-order valence-corrected chi connectivity index (χ3v) is 5.06. The van der Waals surface area contributed by atoms with E-state index in [4.69, 9.17) is 12.2 Å². The van der Waals surface area contributed by atoms with Crippen molar-refractivity contribution < 1.29 is 4.79 Å². The van der Waals surface area contributed by atoms with Gasteiger partial charge >= 0.3 is 0 Å². The van der Waals surface area contributed by atoms with Gasteiger partial charge in [-0.2, -0.15) is 8.75 Å². The third-order valence-electron chi connectivity index (χ3n) is 3.54. The van der Waals surface area contributed by atoms with Crippen molar-refractivity contribution in [3.63, 3.8) is 0 Å². The van der Waals surface area contributed by atoms with E-state index in [0.29, 0.717) is 16.2 Å². The van der Waals surface area contributed by atoms with Gasteiger partial charge in [0, 0.05) is 16.5 Å². The van der Waals surface area contributed by atoms with Gasteiger partial charge in [0.25, 0.3) is 5.91 Å². The fraction of sp³-hybridized carbons (Fsp3) is 0. The molecule has 0 spiro atoms. The molecule has 4 rings (SSSR count). The van der Waals surface area contributed by atoms with Crippen LogP contribution in [-0.2, 0) is 0 Å². The summed E-state index contributed by atoms with van der Waals surface area (Å²) in [7, 11) is 0. The Kier molecular flexibility index (Phi) is 4.65. The van der Waals surface area contributed by atoms with E-state index in [0.717, 1.165) is 28.5 Å². The molecule has 26 heavy (non-hydrogen) atoms. The molecule has 0 saturated heterocycles. The molecule has 0 fully saturated rings. The molecule has 2 heterocycles. The van der Waals surface area contributed by atoms with Crippen molar-refractivity contribution in [3.05, 3.63) is 59.5 Å². The van der Waals surface area contributed by atoms with Gasteiger partial charge in [-0.1, -0.05) is 30.3 Å². The third kappa shape index (κ3) is 3.59. The van der Waals surface area contributed by atoms with Gasteiger partial charge in [0.2, 0.25) is 0 Å². The number of thiazole rings is 1. The molecule has 2 aromatic carbocycles. The highest BCUT2D eigenvalue weighted by atomic mass is 32.1. The molecule has 0 saturated carbocycles. The largest absolute Gasteiger partial charge is 0.308 e. The van der Waals surface area contributed by atoms with Crippen LogP contribution in [0.3, 0.4) is 0 Å². The summed E-state index contributed by atoms with van der Waals surface area (Å²) in [4.78, 5) is 16.8. The first-order valence-corrected chi connectivity index (χ1v) is 9.56. The fourth-order valence-electron chi connectivity index (χ4n) is 2.30. The summed E-state index contributed by atoms with van der Waals surface area (Å²) >= 11 is 7.75. The van der Waals surface area contributed by atoms with E-state index in [1.807, 2.05) is 35.7 Å². The smallest absolute Gasteiger partial charge is 0.257 e. The summed E-state index contributed by atoms with van der Waals surface area (Å²) in [5, 5.41) is 8.35. The summed E-state index contributed by atoms with van der Waals surface area (Å²) in [6, 6.07) is 15.0. The average Bonchev–Trinajstić information content (AvgIpc) is 3.30. The molecule has 128 valence electrons. The minimum Gasteiger partial charge on any atom is -0.308 e. The second-order valence-corrected chi connectivity index (χ2v) is 7.07. The van der Waals surface area contributed by atoms with E-state index in [1.54, 1.807) is 18.2 Å². The molecular weight excluding hydrogens is 386 g/mol. The fourth-order valence-corrected chi connectivity index (χ4v) is 3.80. The van der Waals surface area contributed by atoms with Crippen LogP contribution in [0.15, 0.2) is 53.9 Å². The lowest BCUT2D eigenvalue weighted by Gasteiger charge is -2.07. The number of nitrogens with zero attached hydrogens (tertiary/aromatic N) is 3. The Morgan fingerprint density at radius 2 is 1.85 bits per heavy atom. The molecule has 0 bridgehead atoms. The summed E-state index contributed by atoms with van der Waals surface area (Å²) in [5.74, 6) is -0.308. The quantitative estimate of drug-likeness (QED) is 0.510.